The Morgan fingerprint density at radius 3 is 2.46 bits per heavy atom. The lowest BCUT2D eigenvalue weighted by molar-refractivity contribution is 0.0525. The molecule has 1 aromatic heterocycles. The molecule has 1 aromatic carbocycles. The average molecular weight is 349 g/mol. The minimum Gasteiger partial charge on any atom is -0.462 e. The van der Waals surface area contributed by atoms with E-state index < -0.39 is 5.97 Å². The Hall–Kier alpha value is -2.27. The highest BCUT2D eigenvalue weighted by Gasteiger charge is 2.23. The molecule has 1 heterocycles. The average Bonchev–Trinajstić information content (AvgIpc) is 2.83. The van der Waals surface area contributed by atoms with Gasteiger partial charge in [0.25, 0.3) is 5.91 Å². The summed E-state index contributed by atoms with van der Waals surface area (Å²) in [5, 5.41) is 3.56. The lowest BCUT2D eigenvalue weighted by Crippen LogP contribution is -2.27. The second-order valence-corrected chi connectivity index (χ2v) is 6.03. The van der Waals surface area contributed by atoms with Gasteiger partial charge in [-0.3, -0.25) is 4.79 Å². The van der Waals surface area contributed by atoms with Crippen molar-refractivity contribution >= 4 is 23.5 Å². The van der Waals surface area contributed by atoms with Crippen LogP contribution >= 0.6 is 11.6 Å². The summed E-state index contributed by atoms with van der Waals surface area (Å²) in [5.74, 6) is -0.692. The zero-order valence-corrected chi connectivity index (χ0v) is 15.0. The van der Waals surface area contributed by atoms with Crippen LogP contribution in [0.1, 0.15) is 57.6 Å². The van der Waals surface area contributed by atoms with E-state index >= 15 is 0 Å². The number of hydrogen-bond acceptors (Lipinski definition) is 3. The van der Waals surface area contributed by atoms with Gasteiger partial charge in [0.15, 0.2) is 0 Å². The van der Waals surface area contributed by atoms with Crippen LogP contribution in [0.15, 0.2) is 24.3 Å². The van der Waals surface area contributed by atoms with E-state index in [0.717, 1.165) is 5.56 Å². The molecule has 128 valence electrons. The standard InChI is InChI=1S/C18H21ClN2O3/c1-5-24-18(23)15-10(2)16(20-12(15)4)17(22)21-11(3)13-6-8-14(19)9-7-13/h6-9,11,20H,5H2,1-4H3,(H,21,22). The first-order valence-corrected chi connectivity index (χ1v) is 8.15. The molecule has 2 N–H and O–H groups in total. The van der Waals surface area contributed by atoms with Crippen molar-refractivity contribution in [1.29, 1.82) is 0 Å². The Kier molecular flexibility index (Phi) is 5.67. The number of aryl methyl sites for hydroxylation is 1. The number of hydrogen-bond donors (Lipinski definition) is 2. The van der Waals surface area contributed by atoms with Crippen molar-refractivity contribution in [2.45, 2.75) is 33.7 Å². The van der Waals surface area contributed by atoms with Gasteiger partial charge in [-0.05, 0) is 51.0 Å². The Morgan fingerprint density at radius 1 is 1.25 bits per heavy atom. The summed E-state index contributed by atoms with van der Waals surface area (Å²) < 4.78 is 5.04. The van der Waals surface area contributed by atoms with Gasteiger partial charge in [0.05, 0.1) is 18.2 Å². The van der Waals surface area contributed by atoms with E-state index in [0.29, 0.717) is 27.5 Å². The van der Waals surface area contributed by atoms with Crippen molar-refractivity contribution in [3.05, 3.63) is 57.4 Å². The maximum atomic E-state index is 12.5. The van der Waals surface area contributed by atoms with Gasteiger partial charge in [-0.2, -0.15) is 0 Å². The fraction of sp³-hybridized carbons (Fsp3) is 0.333. The molecule has 0 saturated heterocycles. The number of nitrogens with one attached hydrogen (secondary N) is 2. The minimum atomic E-state index is -0.423. The molecule has 6 heteroatoms. The first kappa shape index (κ1) is 18.1. The lowest BCUT2D eigenvalue weighted by atomic mass is 10.1. The highest BCUT2D eigenvalue weighted by atomic mass is 35.5. The molecule has 0 fully saturated rings. The van der Waals surface area contributed by atoms with Gasteiger partial charge >= 0.3 is 5.97 Å². The fourth-order valence-electron chi connectivity index (χ4n) is 2.59. The number of amides is 1. The van der Waals surface area contributed by atoms with Crippen LogP contribution < -0.4 is 5.32 Å². The second kappa shape index (κ2) is 7.53. The van der Waals surface area contributed by atoms with Gasteiger partial charge in [-0.15, -0.1) is 0 Å². The third-order valence-electron chi connectivity index (χ3n) is 3.86. The molecule has 0 bridgehead atoms. The predicted octanol–water partition coefficient (Wildman–Crippen LogP) is 3.95. The highest BCUT2D eigenvalue weighted by molar-refractivity contribution is 6.30. The predicted molar refractivity (Wildman–Crippen MR) is 93.6 cm³/mol. The molecule has 0 aliphatic rings. The van der Waals surface area contributed by atoms with Gasteiger partial charge in [-0.1, -0.05) is 23.7 Å². The molecule has 0 aliphatic carbocycles. The topological polar surface area (TPSA) is 71.2 Å². The number of carbonyl (C=O) groups excluding carboxylic acids is 2. The summed E-state index contributed by atoms with van der Waals surface area (Å²) in [6, 6.07) is 7.10. The molecule has 2 aromatic rings. The Morgan fingerprint density at radius 2 is 1.88 bits per heavy atom. The van der Waals surface area contributed by atoms with Gasteiger partial charge < -0.3 is 15.0 Å². The molecule has 24 heavy (non-hydrogen) atoms. The largest absolute Gasteiger partial charge is 0.462 e. The van der Waals surface area contributed by atoms with Gasteiger partial charge in [-0.25, -0.2) is 4.79 Å². The number of ether oxygens (including phenoxy) is 1. The van der Waals surface area contributed by atoms with Crippen LogP contribution in [0.3, 0.4) is 0 Å². The van der Waals surface area contributed by atoms with Gasteiger partial charge in [0.1, 0.15) is 5.69 Å². The van der Waals surface area contributed by atoms with Crippen LogP contribution in [0.5, 0.6) is 0 Å². The lowest BCUT2D eigenvalue weighted by Gasteiger charge is -2.14. The number of H-pyrrole nitrogens is 1. The fourth-order valence-corrected chi connectivity index (χ4v) is 2.72. The third-order valence-corrected chi connectivity index (χ3v) is 4.11. The van der Waals surface area contributed by atoms with Crippen LogP contribution in [0, 0.1) is 13.8 Å². The molecule has 0 radical (unpaired) electrons. The molecule has 1 atom stereocenters. The molecule has 0 aliphatic heterocycles. The number of benzene rings is 1. The molecule has 1 unspecified atom stereocenters. The van der Waals surface area contributed by atoms with Gasteiger partial charge in [0, 0.05) is 10.7 Å². The quantitative estimate of drug-likeness (QED) is 0.803. The van der Waals surface area contributed by atoms with E-state index in [-0.39, 0.29) is 18.6 Å². The van der Waals surface area contributed by atoms with E-state index in [2.05, 4.69) is 10.3 Å². The van der Waals surface area contributed by atoms with Crippen LogP contribution in [0.2, 0.25) is 5.02 Å². The minimum absolute atomic E-state index is 0.191. The smallest absolute Gasteiger partial charge is 0.340 e. The molecule has 0 saturated carbocycles. The summed E-state index contributed by atoms with van der Waals surface area (Å²) in [7, 11) is 0. The van der Waals surface area contributed by atoms with Crippen molar-refractivity contribution in [1.82, 2.24) is 10.3 Å². The number of aromatic nitrogens is 1. The molecule has 0 spiro atoms. The Labute approximate surface area is 146 Å². The zero-order valence-electron chi connectivity index (χ0n) is 14.2. The molecular formula is C18H21ClN2O3. The molecular weight excluding hydrogens is 328 g/mol. The second-order valence-electron chi connectivity index (χ2n) is 5.59. The number of halogens is 1. The maximum absolute atomic E-state index is 12.5. The summed E-state index contributed by atoms with van der Waals surface area (Å²) in [6.45, 7) is 7.41. The number of rotatable bonds is 5. The van der Waals surface area contributed by atoms with Crippen molar-refractivity contribution in [2.75, 3.05) is 6.61 Å². The normalized spacial score (nSPS) is 11.9. The summed E-state index contributed by atoms with van der Waals surface area (Å²) in [6.07, 6.45) is 0. The van der Waals surface area contributed by atoms with E-state index in [9.17, 15) is 9.59 Å². The summed E-state index contributed by atoms with van der Waals surface area (Å²) in [5.41, 5.74) is 2.94. The molecule has 2 rings (SSSR count). The van der Waals surface area contributed by atoms with Gasteiger partial charge in [0.2, 0.25) is 0 Å². The highest BCUT2D eigenvalue weighted by Crippen LogP contribution is 2.21. The molecule has 5 nitrogen and oxygen atoms in total. The van der Waals surface area contributed by atoms with Crippen LogP contribution in [0.4, 0.5) is 0 Å². The maximum Gasteiger partial charge on any atom is 0.340 e. The zero-order chi connectivity index (χ0) is 17.9. The van der Waals surface area contributed by atoms with E-state index in [1.54, 1.807) is 32.9 Å². The molecule has 1 amide bonds. The van der Waals surface area contributed by atoms with Crippen LogP contribution in [-0.4, -0.2) is 23.5 Å². The van der Waals surface area contributed by atoms with Crippen molar-refractivity contribution < 1.29 is 14.3 Å². The summed E-state index contributed by atoms with van der Waals surface area (Å²) in [4.78, 5) is 27.5. The first-order chi connectivity index (χ1) is 11.3. The number of esters is 1. The van der Waals surface area contributed by atoms with Crippen LogP contribution in [-0.2, 0) is 4.74 Å². The number of carbonyl (C=O) groups is 2. The van der Waals surface area contributed by atoms with Crippen molar-refractivity contribution in [3.8, 4) is 0 Å². The van der Waals surface area contributed by atoms with E-state index in [4.69, 9.17) is 16.3 Å². The first-order valence-electron chi connectivity index (χ1n) is 7.77. The van der Waals surface area contributed by atoms with E-state index in [1.165, 1.54) is 0 Å². The summed E-state index contributed by atoms with van der Waals surface area (Å²) >= 11 is 5.88. The monoisotopic (exact) mass is 348 g/mol. The third kappa shape index (κ3) is 3.79. The van der Waals surface area contributed by atoms with Crippen LogP contribution in [0.25, 0.3) is 0 Å². The van der Waals surface area contributed by atoms with Crippen molar-refractivity contribution in [2.24, 2.45) is 0 Å². The Bertz CT molecular complexity index is 750. The van der Waals surface area contributed by atoms with E-state index in [1.807, 2.05) is 19.1 Å². The SMILES string of the molecule is CCOC(=O)c1c(C)[nH]c(C(=O)NC(C)c2ccc(Cl)cc2)c1C. The Balaban J connectivity index is 2.19. The number of aromatic amines is 1. The van der Waals surface area contributed by atoms with Crippen molar-refractivity contribution in [3.63, 3.8) is 0 Å².